The number of rotatable bonds is 2. The second-order valence-electron chi connectivity index (χ2n) is 3.66. The van der Waals surface area contributed by atoms with Crippen LogP contribution >= 0.6 is 0 Å². The highest BCUT2D eigenvalue weighted by Gasteiger charge is 2.13. The van der Waals surface area contributed by atoms with Crippen molar-refractivity contribution in [3.63, 3.8) is 0 Å². The Balaban J connectivity index is 2.65. The zero-order valence-electron chi connectivity index (χ0n) is 8.60. The largest absolute Gasteiger partial charge is 0.318 e. The number of carbonyl (C=O) groups excluding carboxylic acids is 1. The van der Waals surface area contributed by atoms with Crippen molar-refractivity contribution in [2.45, 2.75) is 13.0 Å². The highest BCUT2D eigenvalue weighted by molar-refractivity contribution is 5.92. The Hall–Kier alpha value is -1.67. The van der Waals surface area contributed by atoms with Crippen molar-refractivity contribution in [1.82, 2.24) is 0 Å². The van der Waals surface area contributed by atoms with E-state index in [0.29, 0.717) is 0 Å². The van der Waals surface area contributed by atoms with Gasteiger partial charge in [0.1, 0.15) is 0 Å². The van der Waals surface area contributed by atoms with Crippen LogP contribution in [0.1, 0.15) is 18.5 Å². The van der Waals surface area contributed by atoms with E-state index in [1.807, 2.05) is 42.5 Å². The van der Waals surface area contributed by atoms with Crippen molar-refractivity contribution in [3.05, 3.63) is 48.0 Å². The molecule has 1 unspecified atom stereocenters. The minimum absolute atomic E-state index is 0.00801. The molecule has 0 radical (unpaired) electrons. The van der Waals surface area contributed by atoms with Gasteiger partial charge in [0.25, 0.3) is 0 Å². The van der Waals surface area contributed by atoms with Crippen LogP contribution in [0.2, 0.25) is 0 Å². The van der Waals surface area contributed by atoms with Crippen molar-refractivity contribution < 1.29 is 4.79 Å². The summed E-state index contributed by atoms with van der Waals surface area (Å²) in [5.74, 6) is -0.00801. The summed E-state index contributed by atoms with van der Waals surface area (Å²) in [7, 11) is 0. The molecule has 0 saturated heterocycles. The van der Waals surface area contributed by atoms with Gasteiger partial charge in [0.05, 0.1) is 6.04 Å². The van der Waals surface area contributed by atoms with E-state index in [1.165, 1.54) is 6.92 Å². The number of hydrogen-bond donors (Lipinski definition) is 1. The molecule has 0 aliphatic rings. The minimum atomic E-state index is -0.518. The maximum Gasteiger partial charge on any atom is 0.151 e. The van der Waals surface area contributed by atoms with Crippen LogP contribution in [0.25, 0.3) is 10.8 Å². The van der Waals surface area contributed by atoms with E-state index in [0.717, 1.165) is 16.3 Å². The lowest BCUT2D eigenvalue weighted by Gasteiger charge is -2.11. The average molecular weight is 199 g/mol. The Morgan fingerprint density at radius 1 is 1.13 bits per heavy atom. The predicted molar refractivity (Wildman–Crippen MR) is 61.6 cm³/mol. The maximum absolute atomic E-state index is 11.3. The third kappa shape index (κ3) is 1.76. The highest BCUT2D eigenvalue weighted by Crippen LogP contribution is 2.23. The van der Waals surface area contributed by atoms with Crippen molar-refractivity contribution in [2.75, 3.05) is 0 Å². The minimum Gasteiger partial charge on any atom is -0.318 e. The molecule has 0 fully saturated rings. The molecule has 0 bridgehead atoms. The first-order chi connectivity index (χ1) is 7.20. The van der Waals surface area contributed by atoms with Gasteiger partial charge in [0, 0.05) is 0 Å². The van der Waals surface area contributed by atoms with Gasteiger partial charge in [-0.15, -0.1) is 0 Å². The fraction of sp³-hybridized carbons (Fsp3) is 0.154. The van der Waals surface area contributed by atoms with Crippen molar-refractivity contribution >= 4 is 16.6 Å². The Kier molecular flexibility index (Phi) is 2.52. The molecule has 0 saturated carbocycles. The Labute approximate surface area is 88.7 Å². The Morgan fingerprint density at radius 2 is 1.80 bits per heavy atom. The maximum atomic E-state index is 11.3. The summed E-state index contributed by atoms with van der Waals surface area (Å²) in [6.45, 7) is 1.52. The Morgan fingerprint density at radius 3 is 2.53 bits per heavy atom. The van der Waals surface area contributed by atoms with E-state index in [1.54, 1.807) is 0 Å². The van der Waals surface area contributed by atoms with Crippen LogP contribution < -0.4 is 5.73 Å². The predicted octanol–water partition coefficient (Wildman–Crippen LogP) is 2.43. The molecule has 1 atom stereocenters. The molecule has 2 aromatic rings. The molecule has 2 nitrogen and oxygen atoms in total. The molecule has 2 N–H and O–H groups in total. The molecule has 0 aliphatic heterocycles. The van der Waals surface area contributed by atoms with E-state index in [9.17, 15) is 4.79 Å². The van der Waals surface area contributed by atoms with Gasteiger partial charge >= 0.3 is 0 Å². The first-order valence-electron chi connectivity index (χ1n) is 4.94. The molecular formula is C13H13NO. The second-order valence-corrected chi connectivity index (χ2v) is 3.66. The van der Waals surface area contributed by atoms with Gasteiger partial charge in [-0.1, -0.05) is 42.5 Å². The molecule has 0 spiro atoms. The molecule has 2 heteroatoms. The molecule has 15 heavy (non-hydrogen) atoms. The number of ketones is 1. The highest BCUT2D eigenvalue weighted by atomic mass is 16.1. The smallest absolute Gasteiger partial charge is 0.151 e. The number of carbonyl (C=O) groups is 1. The molecule has 2 rings (SSSR count). The molecule has 0 amide bonds. The molecular weight excluding hydrogens is 186 g/mol. The van der Waals surface area contributed by atoms with E-state index in [4.69, 9.17) is 5.73 Å². The third-order valence-electron chi connectivity index (χ3n) is 2.60. The molecule has 0 aliphatic carbocycles. The first-order valence-corrected chi connectivity index (χ1v) is 4.94. The zero-order chi connectivity index (χ0) is 10.8. The fourth-order valence-electron chi connectivity index (χ4n) is 1.74. The van der Waals surface area contributed by atoms with Crippen LogP contribution in [0.3, 0.4) is 0 Å². The van der Waals surface area contributed by atoms with Crippen LogP contribution in [-0.4, -0.2) is 5.78 Å². The van der Waals surface area contributed by atoms with Gasteiger partial charge in [-0.3, -0.25) is 4.79 Å². The number of hydrogen-bond acceptors (Lipinski definition) is 2. The van der Waals surface area contributed by atoms with Gasteiger partial charge in [-0.2, -0.15) is 0 Å². The van der Waals surface area contributed by atoms with Gasteiger partial charge in [-0.05, 0) is 23.3 Å². The van der Waals surface area contributed by atoms with E-state index in [2.05, 4.69) is 0 Å². The lowest BCUT2D eigenvalue weighted by atomic mass is 9.97. The van der Waals surface area contributed by atoms with Crippen LogP contribution in [0.15, 0.2) is 42.5 Å². The van der Waals surface area contributed by atoms with Crippen LogP contribution in [0, 0.1) is 0 Å². The van der Waals surface area contributed by atoms with Gasteiger partial charge < -0.3 is 5.73 Å². The number of Topliss-reactive ketones (excluding diaryl/α,β-unsaturated/α-hetero) is 1. The lowest BCUT2D eigenvalue weighted by molar-refractivity contribution is -0.118. The SMILES string of the molecule is CC(=O)C(N)c1cccc2ccccc12. The second kappa shape index (κ2) is 3.83. The first kappa shape index (κ1) is 9.87. The van der Waals surface area contributed by atoms with Gasteiger partial charge in [0.2, 0.25) is 0 Å². The lowest BCUT2D eigenvalue weighted by Crippen LogP contribution is -2.18. The van der Waals surface area contributed by atoms with Crippen molar-refractivity contribution in [1.29, 1.82) is 0 Å². The molecule has 0 heterocycles. The average Bonchev–Trinajstić information content (AvgIpc) is 2.27. The summed E-state index contributed by atoms with van der Waals surface area (Å²) in [6.07, 6.45) is 0. The van der Waals surface area contributed by atoms with Crippen LogP contribution in [0.5, 0.6) is 0 Å². The Bertz CT molecular complexity index is 499. The number of benzene rings is 2. The fourth-order valence-corrected chi connectivity index (χ4v) is 1.74. The molecule has 0 aromatic heterocycles. The van der Waals surface area contributed by atoms with Crippen molar-refractivity contribution in [2.24, 2.45) is 5.73 Å². The van der Waals surface area contributed by atoms with Gasteiger partial charge in [0.15, 0.2) is 5.78 Å². The van der Waals surface area contributed by atoms with E-state index >= 15 is 0 Å². The van der Waals surface area contributed by atoms with Gasteiger partial charge in [-0.25, -0.2) is 0 Å². The third-order valence-corrected chi connectivity index (χ3v) is 2.60. The summed E-state index contributed by atoms with van der Waals surface area (Å²) in [5, 5.41) is 2.18. The van der Waals surface area contributed by atoms with E-state index in [-0.39, 0.29) is 5.78 Å². The van der Waals surface area contributed by atoms with Crippen LogP contribution in [0.4, 0.5) is 0 Å². The summed E-state index contributed by atoms with van der Waals surface area (Å²) < 4.78 is 0. The summed E-state index contributed by atoms with van der Waals surface area (Å²) in [6, 6.07) is 13.3. The van der Waals surface area contributed by atoms with Crippen LogP contribution in [-0.2, 0) is 4.79 Å². The zero-order valence-corrected chi connectivity index (χ0v) is 8.60. The normalized spacial score (nSPS) is 12.7. The monoisotopic (exact) mass is 199 g/mol. The molecule has 2 aromatic carbocycles. The van der Waals surface area contributed by atoms with E-state index < -0.39 is 6.04 Å². The standard InChI is InChI=1S/C13H13NO/c1-9(15)13(14)12-8-4-6-10-5-2-3-7-11(10)12/h2-8,13H,14H2,1H3. The summed E-state index contributed by atoms with van der Waals surface area (Å²) in [5.41, 5.74) is 6.76. The number of nitrogens with two attached hydrogens (primary N) is 1. The molecule has 76 valence electrons. The summed E-state index contributed by atoms with van der Waals surface area (Å²) >= 11 is 0. The van der Waals surface area contributed by atoms with Crippen molar-refractivity contribution in [3.8, 4) is 0 Å². The quantitative estimate of drug-likeness (QED) is 0.807. The number of fused-ring (bicyclic) bond motifs is 1. The topological polar surface area (TPSA) is 43.1 Å². The summed E-state index contributed by atoms with van der Waals surface area (Å²) in [4.78, 5) is 11.3.